The Morgan fingerprint density at radius 3 is 1.93 bits per heavy atom. The maximum absolute atomic E-state index is 11.9. The second-order valence-electron chi connectivity index (χ2n) is 4.85. The van der Waals surface area contributed by atoms with Crippen LogP contribution in [0.5, 0.6) is 0 Å². The van der Waals surface area contributed by atoms with Crippen LogP contribution in [0.15, 0.2) is 0 Å². The van der Waals surface area contributed by atoms with Crippen molar-refractivity contribution >= 4 is 9.84 Å². The Labute approximate surface area is 93.3 Å². The van der Waals surface area contributed by atoms with E-state index in [9.17, 15) is 8.42 Å². The SMILES string of the molecule is CC(C)S(=O)(=O)C(N)C1CCCCCC1. The van der Waals surface area contributed by atoms with Crippen molar-refractivity contribution in [2.75, 3.05) is 0 Å². The van der Waals surface area contributed by atoms with Gasteiger partial charge >= 0.3 is 0 Å². The third-order valence-electron chi connectivity index (χ3n) is 3.40. The summed E-state index contributed by atoms with van der Waals surface area (Å²) in [7, 11) is -3.11. The highest BCUT2D eigenvalue weighted by Crippen LogP contribution is 2.27. The molecular weight excluding hydrogens is 210 g/mol. The molecule has 1 rings (SSSR count). The van der Waals surface area contributed by atoms with Gasteiger partial charge in [0, 0.05) is 0 Å². The standard InChI is InChI=1S/C11H23NO2S/c1-9(2)15(13,14)11(12)10-7-5-3-4-6-8-10/h9-11H,3-8,12H2,1-2H3. The van der Waals surface area contributed by atoms with Gasteiger partial charge in [0.1, 0.15) is 5.37 Å². The maximum atomic E-state index is 11.9. The molecule has 3 nitrogen and oxygen atoms in total. The number of hydrogen-bond donors (Lipinski definition) is 1. The topological polar surface area (TPSA) is 60.2 Å². The highest BCUT2D eigenvalue weighted by molar-refractivity contribution is 7.92. The molecule has 0 aromatic carbocycles. The molecule has 0 saturated heterocycles. The van der Waals surface area contributed by atoms with E-state index < -0.39 is 15.2 Å². The number of nitrogens with two attached hydrogens (primary N) is 1. The van der Waals surface area contributed by atoms with Crippen LogP contribution in [0, 0.1) is 5.92 Å². The van der Waals surface area contributed by atoms with Crippen molar-refractivity contribution in [2.24, 2.45) is 11.7 Å². The molecule has 0 aromatic heterocycles. The van der Waals surface area contributed by atoms with E-state index in [1.807, 2.05) is 0 Å². The van der Waals surface area contributed by atoms with E-state index in [1.54, 1.807) is 13.8 Å². The van der Waals surface area contributed by atoms with Crippen molar-refractivity contribution in [3.63, 3.8) is 0 Å². The zero-order valence-corrected chi connectivity index (χ0v) is 10.6. The van der Waals surface area contributed by atoms with Gasteiger partial charge in [-0.3, -0.25) is 0 Å². The summed E-state index contributed by atoms with van der Waals surface area (Å²) in [5.74, 6) is 0.180. The Morgan fingerprint density at radius 1 is 1.07 bits per heavy atom. The second-order valence-corrected chi connectivity index (χ2v) is 7.52. The minimum Gasteiger partial charge on any atom is -0.315 e. The summed E-state index contributed by atoms with van der Waals surface area (Å²) in [6, 6.07) is 0. The van der Waals surface area contributed by atoms with Crippen molar-refractivity contribution in [2.45, 2.75) is 63.0 Å². The minimum absolute atomic E-state index is 0.180. The summed E-state index contributed by atoms with van der Waals surface area (Å²) >= 11 is 0. The van der Waals surface area contributed by atoms with Gasteiger partial charge in [-0.15, -0.1) is 0 Å². The van der Waals surface area contributed by atoms with Crippen molar-refractivity contribution in [3.05, 3.63) is 0 Å². The molecule has 1 fully saturated rings. The highest BCUT2D eigenvalue weighted by Gasteiger charge is 2.32. The molecular formula is C11H23NO2S. The quantitative estimate of drug-likeness (QED) is 0.759. The van der Waals surface area contributed by atoms with Crippen molar-refractivity contribution in [1.29, 1.82) is 0 Å². The van der Waals surface area contributed by atoms with Gasteiger partial charge in [0.25, 0.3) is 0 Å². The van der Waals surface area contributed by atoms with Crippen molar-refractivity contribution < 1.29 is 8.42 Å². The van der Waals surface area contributed by atoms with Crippen LogP contribution in [0.4, 0.5) is 0 Å². The van der Waals surface area contributed by atoms with E-state index in [-0.39, 0.29) is 11.2 Å². The highest BCUT2D eigenvalue weighted by atomic mass is 32.2. The van der Waals surface area contributed by atoms with Crippen LogP contribution in [0.1, 0.15) is 52.4 Å². The average Bonchev–Trinajstić information content (AvgIpc) is 2.44. The molecule has 1 saturated carbocycles. The molecule has 0 amide bonds. The molecule has 0 aliphatic heterocycles. The summed E-state index contributed by atoms with van der Waals surface area (Å²) in [5, 5.41) is -0.994. The molecule has 0 radical (unpaired) electrons. The summed E-state index contributed by atoms with van der Waals surface area (Å²) in [4.78, 5) is 0. The molecule has 0 aromatic rings. The fourth-order valence-electron chi connectivity index (χ4n) is 2.22. The van der Waals surface area contributed by atoms with Crippen LogP contribution in [-0.4, -0.2) is 19.0 Å². The molecule has 1 atom stereocenters. The van der Waals surface area contributed by atoms with Crippen molar-refractivity contribution in [3.8, 4) is 0 Å². The van der Waals surface area contributed by atoms with Gasteiger partial charge < -0.3 is 5.73 Å². The van der Waals surface area contributed by atoms with E-state index in [0.717, 1.165) is 25.7 Å². The van der Waals surface area contributed by atoms with Crippen LogP contribution >= 0.6 is 0 Å². The molecule has 0 heterocycles. The molecule has 90 valence electrons. The Morgan fingerprint density at radius 2 is 1.53 bits per heavy atom. The normalized spacial score (nSPS) is 22.7. The molecule has 1 unspecified atom stereocenters. The first-order chi connectivity index (χ1) is 6.96. The molecule has 0 spiro atoms. The zero-order chi connectivity index (χ0) is 11.5. The smallest absolute Gasteiger partial charge is 0.168 e. The second kappa shape index (κ2) is 5.30. The van der Waals surface area contributed by atoms with E-state index in [0.29, 0.717) is 0 Å². The lowest BCUT2D eigenvalue weighted by Gasteiger charge is -2.24. The molecule has 2 N–H and O–H groups in total. The molecule has 1 aliphatic rings. The Balaban J connectivity index is 2.69. The van der Waals surface area contributed by atoms with Crippen LogP contribution < -0.4 is 5.73 Å². The maximum Gasteiger partial charge on any atom is 0.168 e. The van der Waals surface area contributed by atoms with Gasteiger partial charge in [0.2, 0.25) is 0 Å². The van der Waals surface area contributed by atoms with Gasteiger partial charge in [-0.1, -0.05) is 25.7 Å². The van der Waals surface area contributed by atoms with Gasteiger partial charge in [-0.2, -0.15) is 0 Å². The number of rotatable bonds is 3. The Hall–Kier alpha value is -0.0900. The average molecular weight is 233 g/mol. The third kappa shape index (κ3) is 3.18. The summed E-state index contributed by atoms with van der Waals surface area (Å²) in [6.07, 6.45) is 6.67. The summed E-state index contributed by atoms with van der Waals surface area (Å²) in [6.45, 7) is 3.43. The van der Waals surface area contributed by atoms with Gasteiger partial charge in [0.05, 0.1) is 5.25 Å². The fraction of sp³-hybridized carbons (Fsp3) is 1.00. The van der Waals surface area contributed by atoms with Crippen LogP contribution in [0.25, 0.3) is 0 Å². The summed E-state index contributed by atoms with van der Waals surface area (Å²) in [5.41, 5.74) is 5.91. The first-order valence-electron chi connectivity index (χ1n) is 5.94. The first-order valence-corrected chi connectivity index (χ1v) is 7.55. The molecule has 4 heteroatoms. The largest absolute Gasteiger partial charge is 0.315 e. The number of sulfone groups is 1. The lowest BCUT2D eigenvalue weighted by atomic mass is 10.0. The van der Waals surface area contributed by atoms with Gasteiger partial charge in [0.15, 0.2) is 9.84 Å². The molecule has 1 aliphatic carbocycles. The number of hydrogen-bond acceptors (Lipinski definition) is 3. The van der Waals surface area contributed by atoms with E-state index >= 15 is 0 Å². The van der Waals surface area contributed by atoms with Crippen LogP contribution in [0.2, 0.25) is 0 Å². The lowest BCUT2D eigenvalue weighted by Crippen LogP contribution is -2.41. The first kappa shape index (κ1) is 13.0. The van der Waals surface area contributed by atoms with Gasteiger partial charge in [-0.25, -0.2) is 8.42 Å². The summed E-state index contributed by atoms with van der Waals surface area (Å²) < 4.78 is 23.8. The fourth-order valence-corrected chi connectivity index (χ4v) is 3.66. The van der Waals surface area contributed by atoms with Crippen LogP contribution in [-0.2, 0) is 9.84 Å². The monoisotopic (exact) mass is 233 g/mol. The minimum atomic E-state index is -3.11. The lowest BCUT2D eigenvalue weighted by molar-refractivity contribution is 0.426. The molecule has 0 bridgehead atoms. The Kier molecular flexibility index (Phi) is 4.59. The van der Waals surface area contributed by atoms with E-state index in [2.05, 4.69) is 0 Å². The van der Waals surface area contributed by atoms with Crippen molar-refractivity contribution in [1.82, 2.24) is 0 Å². The van der Waals surface area contributed by atoms with E-state index in [4.69, 9.17) is 5.73 Å². The predicted molar refractivity (Wildman–Crippen MR) is 63.2 cm³/mol. The predicted octanol–water partition coefficient (Wildman–Crippen LogP) is 2.06. The zero-order valence-electron chi connectivity index (χ0n) is 9.78. The van der Waals surface area contributed by atoms with E-state index in [1.165, 1.54) is 12.8 Å². The van der Waals surface area contributed by atoms with Crippen LogP contribution in [0.3, 0.4) is 0 Å². The molecule has 15 heavy (non-hydrogen) atoms. The third-order valence-corrected chi connectivity index (χ3v) is 5.86. The van der Waals surface area contributed by atoms with Gasteiger partial charge in [-0.05, 0) is 32.6 Å². The Bertz CT molecular complexity index is 277.